The van der Waals surface area contributed by atoms with E-state index < -0.39 is 0 Å². The van der Waals surface area contributed by atoms with Crippen molar-refractivity contribution in [3.05, 3.63) is 0 Å². The van der Waals surface area contributed by atoms with E-state index in [1.54, 1.807) is 0 Å². The number of thiocarbonyl (C=S) groups is 2. The van der Waals surface area contributed by atoms with Gasteiger partial charge in [-0.25, -0.2) is 10.0 Å². The Bertz CT molecular complexity index is 385. The molecule has 7 nitrogen and oxygen atoms in total. The smallest absolute Gasteiger partial charge is 0.192 e. The minimum absolute atomic E-state index is 0.0433. The van der Waals surface area contributed by atoms with E-state index in [2.05, 4.69) is 25.6 Å². The lowest BCUT2D eigenvalue weighted by Crippen LogP contribution is -2.74. The average Bonchev–Trinajstić information content (AvgIpc) is 2.48. The number of hydrogen-bond acceptors (Lipinski definition) is 6. The van der Waals surface area contributed by atoms with Crippen LogP contribution in [0.3, 0.4) is 0 Å². The highest BCUT2D eigenvalue weighted by Gasteiger charge is 2.37. The molecule has 1 unspecified atom stereocenters. The summed E-state index contributed by atoms with van der Waals surface area (Å²) >= 11 is 10.7. The van der Waals surface area contributed by atoms with Crippen molar-refractivity contribution in [3.8, 4) is 0 Å². The molecule has 3 heterocycles. The molecular formula is C11H19N5O2S2. The minimum Gasteiger partial charge on any atom is -0.379 e. The van der Waals surface area contributed by atoms with Gasteiger partial charge in [0, 0.05) is 26.2 Å². The Morgan fingerprint density at radius 2 is 1.55 bits per heavy atom. The van der Waals surface area contributed by atoms with Gasteiger partial charge in [-0.1, -0.05) is 0 Å². The van der Waals surface area contributed by atoms with Crippen LogP contribution in [0.15, 0.2) is 0 Å². The fraction of sp³-hybridized carbons (Fsp3) is 0.818. The molecular weight excluding hydrogens is 298 g/mol. The van der Waals surface area contributed by atoms with Gasteiger partial charge >= 0.3 is 0 Å². The third-order valence-electron chi connectivity index (χ3n) is 3.60. The minimum atomic E-state index is -0.0433. The van der Waals surface area contributed by atoms with Gasteiger partial charge in [-0.3, -0.25) is 4.90 Å². The van der Waals surface area contributed by atoms with Crippen LogP contribution in [0.1, 0.15) is 0 Å². The van der Waals surface area contributed by atoms with E-state index in [1.165, 1.54) is 0 Å². The van der Waals surface area contributed by atoms with E-state index in [4.69, 9.17) is 33.9 Å². The Labute approximate surface area is 129 Å². The summed E-state index contributed by atoms with van der Waals surface area (Å²) < 4.78 is 10.8. The molecule has 20 heavy (non-hydrogen) atoms. The van der Waals surface area contributed by atoms with Crippen molar-refractivity contribution in [3.63, 3.8) is 0 Å². The van der Waals surface area contributed by atoms with Gasteiger partial charge in [-0.15, -0.1) is 0 Å². The van der Waals surface area contributed by atoms with Gasteiger partial charge in [-0.2, -0.15) is 0 Å². The summed E-state index contributed by atoms with van der Waals surface area (Å²) in [6.07, 6.45) is -0.0433. The van der Waals surface area contributed by atoms with Gasteiger partial charge in [0.25, 0.3) is 0 Å². The number of nitrogens with one attached hydrogen (secondary N) is 2. The predicted molar refractivity (Wildman–Crippen MR) is 81.9 cm³/mol. The zero-order chi connectivity index (χ0) is 13.9. The highest BCUT2D eigenvalue weighted by molar-refractivity contribution is 7.81. The summed E-state index contributed by atoms with van der Waals surface area (Å²) in [7, 11) is 0. The molecule has 3 rings (SSSR count). The molecule has 9 heteroatoms. The number of hydrazine groups is 1. The fourth-order valence-corrected chi connectivity index (χ4v) is 3.18. The second kappa shape index (κ2) is 6.46. The number of nitrogens with zero attached hydrogens (tertiary/aromatic N) is 3. The lowest BCUT2D eigenvalue weighted by atomic mass is 10.4. The van der Waals surface area contributed by atoms with Crippen molar-refractivity contribution in [1.82, 2.24) is 25.6 Å². The maximum absolute atomic E-state index is 5.48. The van der Waals surface area contributed by atoms with Crippen LogP contribution in [0.2, 0.25) is 0 Å². The maximum atomic E-state index is 5.48. The molecule has 3 aliphatic heterocycles. The van der Waals surface area contributed by atoms with Gasteiger partial charge < -0.3 is 20.1 Å². The van der Waals surface area contributed by atoms with E-state index in [0.717, 1.165) is 52.6 Å². The molecule has 1 atom stereocenters. The molecule has 0 amide bonds. The van der Waals surface area contributed by atoms with E-state index >= 15 is 0 Å². The quantitative estimate of drug-likeness (QED) is 0.619. The van der Waals surface area contributed by atoms with Crippen molar-refractivity contribution in [2.45, 2.75) is 6.29 Å². The molecule has 3 fully saturated rings. The lowest BCUT2D eigenvalue weighted by Gasteiger charge is -2.50. The number of hydrogen-bond donors (Lipinski definition) is 2. The second-order valence-electron chi connectivity index (χ2n) is 4.84. The summed E-state index contributed by atoms with van der Waals surface area (Å²) in [4.78, 5) is 2.30. The molecule has 0 saturated carbocycles. The average molecular weight is 317 g/mol. The maximum Gasteiger partial charge on any atom is 0.192 e. The number of ether oxygens (including phenoxy) is 2. The van der Waals surface area contributed by atoms with Gasteiger partial charge in [-0.05, 0) is 24.4 Å². The van der Waals surface area contributed by atoms with Crippen LogP contribution in [0.5, 0.6) is 0 Å². The standard InChI is InChI=1S/C11H19N5O2S2/c19-9-12-10(14-1-5-17-6-2-14)16(11(20)13-9)15-3-7-18-8-4-15/h10H,1-8H2,(H2,12,13,19,20). The van der Waals surface area contributed by atoms with Gasteiger partial charge in [0.05, 0.1) is 26.4 Å². The number of morpholine rings is 2. The Morgan fingerprint density at radius 3 is 2.20 bits per heavy atom. The van der Waals surface area contributed by atoms with E-state index in [1.807, 2.05) is 0 Å². The van der Waals surface area contributed by atoms with Gasteiger partial charge in [0.1, 0.15) is 0 Å². The largest absolute Gasteiger partial charge is 0.379 e. The first-order valence-electron chi connectivity index (χ1n) is 6.81. The van der Waals surface area contributed by atoms with Crippen molar-refractivity contribution in [2.75, 3.05) is 52.6 Å². The highest BCUT2D eigenvalue weighted by Crippen LogP contribution is 2.15. The Kier molecular flexibility index (Phi) is 4.64. The van der Waals surface area contributed by atoms with Crippen LogP contribution in [-0.4, -0.2) is 84.0 Å². The highest BCUT2D eigenvalue weighted by atomic mass is 32.1. The molecule has 3 aliphatic rings. The summed E-state index contributed by atoms with van der Waals surface area (Å²) in [5.41, 5.74) is 0. The molecule has 2 N–H and O–H groups in total. The molecule has 0 aromatic carbocycles. The van der Waals surface area contributed by atoms with Gasteiger partial charge in [0.2, 0.25) is 0 Å². The first kappa shape index (κ1) is 14.4. The van der Waals surface area contributed by atoms with Crippen LogP contribution >= 0.6 is 24.4 Å². The van der Waals surface area contributed by atoms with Crippen LogP contribution < -0.4 is 10.6 Å². The monoisotopic (exact) mass is 317 g/mol. The zero-order valence-corrected chi connectivity index (χ0v) is 12.8. The Morgan fingerprint density at radius 1 is 0.950 bits per heavy atom. The van der Waals surface area contributed by atoms with Crippen LogP contribution in [0.25, 0.3) is 0 Å². The molecule has 0 bridgehead atoms. The third-order valence-corrected chi connectivity index (χ3v) is 4.11. The predicted octanol–water partition coefficient (Wildman–Crippen LogP) is -1.09. The summed E-state index contributed by atoms with van der Waals surface area (Å²) in [5.74, 6) is 0. The van der Waals surface area contributed by atoms with E-state index in [9.17, 15) is 0 Å². The molecule has 0 spiro atoms. The zero-order valence-electron chi connectivity index (χ0n) is 11.2. The van der Waals surface area contributed by atoms with Crippen LogP contribution in [0.4, 0.5) is 0 Å². The molecule has 112 valence electrons. The van der Waals surface area contributed by atoms with Crippen LogP contribution in [-0.2, 0) is 9.47 Å². The Balaban J connectivity index is 1.77. The lowest BCUT2D eigenvalue weighted by molar-refractivity contribution is -0.125. The fourth-order valence-electron chi connectivity index (χ4n) is 2.60. The number of rotatable bonds is 2. The molecule has 0 aromatic rings. The van der Waals surface area contributed by atoms with Crippen molar-refractivity contribution in [1.29, 1.82) is 0 Å². The second-order valence-corrected chi connectivity index (χ2v) is 5.63. The molecule has 0 aliphatic carbocycles. The SMILES string of the molecule is S=C1NC(=S)N(N2CCOCC2)C(N2CCOCC2)N1. The summed E-state index contributed by atoms with van der Waals surface area (Å²) in [5, 5.41) is 11.9. The van der Waals surface area contributed by atoms with Crippen molar-refractivity contribution in [2.24, 2.45) is 0 Å². The topological polar surface area (TPSA) is 52.2 Å². The summed E-state index contributed by atoms with van der Waals surface area (Å²) in [6.45, 7) is 6.31. The van der Waals surface area contributed by atoms with E-state index in [-0.39, 0.29) is 6.29 Å². The summed E-state index contributed by atoms with van der Waals surface area (Å²) in [6, 6.07) is 0. The third kappa shape index (κ3) is 3.02. The first-order chi connectivity index (χ1) is 9.75. The van der Waals surface area contributed by atoms with Crippen LogP contribution in [0, 0.1) is 0 Å². The normalized spacial score (nSPS) is 30.0. The van der Waals surface area contributed by atoms with E-state index in [0.29, 0.717) is 10.2 Å². The van der Waals surface area contributed by atoms with Crippen molar-refractivity contribution >= 4 is 34.7 Å². The van der Waals surface area contributed by atoms with Gasteiger partial charge in [0.15, 0.2) is 16.5 Å². The molecule has 0 radical (unpaired) electrons. The molecule has 3 saturated heterocycles. The Hall–Kier alpha value is -0.580. The molecule has 0 aromatic heterocycles. The first-order valence-corrected chi connectivity index (χ1v) is 7.62. The van der Waals surface area contributed by atoms with Crippen molar-refractivity contribution < 1.29 is 9.47 Å².